The minimum Gasteiger partial charge on any atom is -0.480 e. The Kier molecular flexibility index (Phi) is 5.26. The van der Waals surface area contributed by atoms with E-state index in [1.807, 2.05) is 6.07 Å². The molecular weight excluding hydrogens is 312 g/mol. The van der Waals surface area contributed by atoms with E-state index in [-0.39, 0.29) is 17.8 Å². The number of carbonyl (C=O) groups is 4. The Balaban J connectivity index is 2.13. The minimum absolute atomic E-state index is 0.113. The maximum Gasteiger partial charge on any atom is 0.326 e. The summed E-state index contributed by atoms with van der Waals surface area (Å²) in [6, 6.07) is 7.86. The van der Waals surface area contributed by atoms with Crippen LogP contribution in [0.5, 0.6) is 0 Å². The van der Waals surface area contributed by atoms with Crippen LogP contribution in [-0.4, -0.2) is 34.6 Å². The van der Waals surface area contributed by atoms with Crippen molar-refractivity contribution in [3.8, 4) is 0 Å². The van der Waals surface area contributed by atoms with Gasteiger partial charge in [-0.1, -0.05) is 30.3 Å². The average molecular weight is 328 g/mol. The number of amides is 1. The van der Waals surface area contributed by atoms with Gasteiger partial charge in [0.05, 0.1) is 11.4 Å². The lowest BCUT2D eigenvalue weighted by Crippen LogP contribution is -2.41. The number of ketones is 2. The molecule has 124 valence electrons. The van der Waals surface area contributed by atoms with Gasteiger partial charge in [-0.3, -0.25) is 14.4 Å². The van der Waals surface area contributed by atoms with Gasteiger partial charge in [-0.25, -0.2) is 4.79 Å². The summed E-state index contributed by atoms with van der Waals surface area (Å²) in [7, 11) is 0. The van der Waals surface area contributed by atoms with Crippen molar-refractivity contribution < 1.29 is 24.3 Å². The van der Waals surface area contributed by atoms with E-state index in [2.05, 4.69) is 10.6 Å². The number of carbonyl (C=O) groups excluding carboxylic acids is 3. The summed E-state index contributed by atoms with van der Waals surface area (Å²) >= 11 is 0. The molecule has 0 aliphatic heterocycles. The number of rotatable bonds is 6. The first-order chi connectivity index (χ1) is 11.4. The van der Waals surface area contributed by atoms with E-state index in [1.54, 1.807) is 24.3 Å². The molecule has 1 amide bonds. The van der Waals surface area contributed by atoms with Crippen LogP contribution >= 0.6 is 0 Å². The molecule has 0 aromatic heterocycles. The fourth-order valence-corrected chi connectivity index (χ4v) is 2.20. The third kappa shape index (κ3) is 4.39. The van der Waals surface area contributed by atoms with Crippen LogP contribution in [0.4, 0.5) is 0 Å². The number of hydrogen-bond donors (Lipinski definition) is 3. The van der Waals surface area contributed by atoms with Crippen LogP contribution in [0, 0.1) is 0 Å². The number of carboxylic acids is 1. The van der Waals surface area contributed by atoms with Crippen molar-refractivity contribution in [1.82, 2.24) is 10.6 Å². The summed E-state index contributed by atoms with van der Waals surface area (Å²) < 4.78 is 0. The topological polar surface area (TPSA) is 113 Å². The Morgan fingerprint density at radius 1 is 1.04 bits per heavy atom. The molecule has 1 atom stereocenters. The summed E-state index contributed by atoms with van der Waals surface area (Å²) in [5.74, 6) is -2.76. The van der Waals surface area contributed by atoms with Crippen LogP contribution in [0.15, 0.2) is 53.9 Å². The van der Waals surface area contributed by atoms with Crippen LogP contribution in [0.1, 0.15) is 12.5 Å². The predicted molar refractivity (Wildman–Crippen MR) is 84.7 cm³/mol. The lowest BCUT2D eigenvalue weighted by atomic mass is 10.0. The van der Waals surface area contributed by atoms with Gasteiger partial charge >= 0.3 is 5.97 Å². The lowest BCUT2D eigenvalue weighted by Gasteiger charge is -2.19. The Morgan fingerprint density at radius 2 is 1.62 bits per heavy atom. The fraction of sp³-hybridized carbons (Fsp3) is 0.176. The van der Waals surface area contributed by atoms with E-state index in [4.69, 9.17) is 0 Å². The van der Waals surface area contributed by atoms with Gasteiger partial charge in [-0.15, -0.1) is 0 Å². The number of benzene rings is 1. The first-order valence-corrected chi connectivity index (χ1v) is 7.19. The zero-order chi connectivity index (χ0) is 17.7. The fourth-order valence-electron chi connectivity index (χ4n) is 2.20. The van der Waals surface area contributed by atoms with Crippen molar-refractivity contribution in [1.29, 1.82) is 0 Å². The highest BCUT2D eigenvalue weighted by Crippen LogP contribution is 2.11. The molecule has 3 N–H and O–H groups in total. The number of aliphatic carboxylic acids is 1. The third-order valence-corrected chi connectivity index (χ3v) is 3.30. The summed E-state index contributed by atoms with van der Waals surface area (Å²) in [5.41, 5.74) is 0.535. The van der Waals surface area contributed by atoms with E-state index in [0.717, 1.165) is 17.7 Å². The molecule has 7 nitrogen and oxygen atoms in total. The molecule has 0 bridgehead atoms. The van der Waals surface area contributed by atoms with Crippen molar-refractivity contribution in [3.63, 3.8) is 0 Å². The molecule has 0 fully saturated rings. The highest BCUT2D eigenvalue weighted by atomic mass is 16.4. The molecule has 7 heteroatoms. The molecule has 1 aliphatic carbocycles. The molecule has 1 aliphatic rings. The number of nitrogens with one attached hydrogen (secondary N) is 2. The zero-order valence-electron chi connectivity index (χ0n) is 12.9. The molecule has 0 saturated heterocycles. The monoisotopic (exact) mass is 328 g/mol. The second-order valence-corrected chi connectivity index (χ2v) is 5.25. The number of hydrogen-bond acceptors (Lipinski definition) is 5. The summed E-state index contributed by atoms with van der Waals surface area (Å²) in [6.07, 6.45) is 2.12. The molecule has 0 heterocycles. The normalized spacial score (nSPS) is 15.2. The van der Waals surface area contributed by atoms with Crippen molar-refractivity contribution in [3.05, 3.63) is 59.4 Å². The van der Waals surface area contributed by atoms with E-state index >= 15 is 0 Å². The maximum absolute atomic E-state index is 12.0. The SMILES string of the molecule is CC(=O)NC1=CC(=O)C(NC(Cc2ccccc2)C(=O)O)=CC1=O. The predicted octanol–water partition coefficient (Wildman–Crippen LogP) is 0.328. The number of allylic oxidation sites excluding steroid dienone is 2. The van der Waals surface area contributed by atoms with E-state index in [0.29, 0.717) is 0 Å². The van der Waals surface area contributed by atoms with Crippen LogP contribution in [0.2, 0.25) is 0 Å². The highest BCUT2D eigenvalue weighted by Gasteiger charge is 2.25. The molecular formula is C17H16N2O5. The Bertz CT molecular complexity index is 750. The quantitative estimate of drug-likeness (QED) is 0.649. The Labute approximate surface area is 138 Å². The molecule has 0 saturated carbocycles. The zero-order valence-corrected chi connectivity index (χ0v) is 12.9. The first kappa shape index (κ1) is 17.1. The summed E-state index contributed by atoms with van der Waals surface area (Å²) in [5, 5.41) is 14.2. The van der Waals surface area contributed by atoms with Crippen LogP contribution in [-0.2, 0) is 25.6 Å². The number of carboxylic acid groups (broad SMARTS) is 1. The molecule has 2 rings (SSSR count). The van der Waals surface area contributed by atoms with Crippen molar-refractivity contribution in [2.24, 2.45) is 0 Å². The maximum atomic E-state index is 12.0. The van der Waals surface area contributed by atoms with E-state index in [1.165, 1.54) is 6.92 Å². The van der Waals surface area contributed by atoms with Crippen molar-refractivity contribution in [2.45, 2.75) is 19.4 Å². The van der Waals surface area contributed by atoms with Gasteiger partial charge in [-0.05, 0) is 5.56 Å². The summed E-state index contributed by atoms with van der Waals surface area (Å²) in [4.78, 5) is 46.3. The first-order valence-electron chi connectivity index (χ1n) is 7.19. The second-order valence-electron chi connectivity index (χ2n) is 5.25. The van der Waals surface area contributed by atoms with Gasteiger partial charge < -0.3 is 15.7 Å². The average Bonchev–Trinajstić information content (AvgIpc) is 2.51. The molecule has 1 aromatic rings. The molecule has 1 aromatic carbocycles. The van der Waals surface area contributed by atoms with Crippen LogP contribution in [0.3, 0.4) is 0 Å². The smallest absolute Gasteiger partial charge is 0.326 e. The molecule has 24 heavy (non-hydrogen) atoms. The van der Waals surface area contributed by atoms with Gasteiger partial charge in [-0.2, -0.15) is 0 Å². The minimum atomic E-state index is -1.14. The van der Waals surface area contributed by atoms with E-state index in [9.17, 15) is 24.3 Å². The summed E-state index contributed by atoms with van der Waals surface area (Å²) in [6.45, 7) is 1.22. The van der Waals surface area contributed by atoms with Gasteiger partial charge in [0, 0.05) is 25.5 Å². The molecule has 1 unspecified atom stereocenters. The van der Waals surface area contributed by atoms with Crippen LogP contribution < -0.4 is 10.6 Å². The standard InChI is InChI=1S/C17H16N2O5/c1-10(20)18-12-8-16(22)13(9-15(12)21)19-14(17(23)24)7-11-5-3-2-4-6-11/h2-6,8-9,14,19H,7H2,1H3,(H,18,20)(H,23,24). The second kappa shape index (κ2) is 7.36. The largest absolute Gasteiger partial charge is 0.480 e. The van der Waals surface area contributed by atoms with E-state index < -0.39 is 29.5 Å². The van der Waals surface area contributed by atoms with Crippen LogP contribution in [0.25, 0.3) is 0 Å². The van der Waals surface area contributed by atoms with Gasteiger partial charge in [0.1, 0.15) is 6.04 Å². The van der Waals surface area contributed by atoms with Gasteiger partial charge in [0.15, 0.2) is 0 Å². The van der Waals surface area contributed by atoms with Crippen molar-refractivity contribution in [2.75, 3.05) is 0 Å². The van der Waals surface area contributed by atoms with Crippen molar-refractivity contribution >= 4 is 23.4 Å². The molecule has 0 radical (unpaired) electrons. The van der Waals surface area contributed by atoms with Gasteiger partial charge in [0.25, 0.3) is 0 Å². The Morgan fingerprint density at radius 3 is 2.21 bits per heavy atom. The molecule has 0 spiro atoms. The lowest BCUT2D eigenvalue weighted by molar-refractivity contribution is -0.139. The van der Waals surface area contributed by atoms with Gasteiger partial charge in [0.2, 0.25) is 17.5 Å². The highest BCUT2D eigenvalue weighted by molar-refractivity contribution is 6.20. The Hall–Kier alpha value is -3.22. The third-order valence-electron chi connectivity index (χ3n) is 3.30.